The van der Waals surface area contributed by atoms with Crippen LogP contribution in [-0.2, 0) is 6.42 Å². The first-order chi connectivity index (χ1) is 12.1. The normalized spacial score (nSPS) is 11.8. The maximum atomic E-state index is 12.0. The van der Waals surface area contributed by atoms with Crippen LogP contribution in [0.5, 0.6) is 5.75 Å². The first-order valence-electron chi connectivity index (χ1n) is 8.46. The van der Waals surface area contributed by atoms with E-state index in [1.165, 1.54) is 5.56 Å². The second-order valence-corrected chi connectivity index (χ2v) is 6.12. The van der Waals surface area contributed by atoms with Gasteiger partial charge in [-0.25, -0.2) is 4.79 Å². The number of nitrogens with zero attached hydrogens (tertiary/aromatic N) is 1. The summed E-state index contributed by atoms with van der Waals surface area (Å²) in [5.41, 5.74) is 2.35. The molecule has 5 heteroatoms. The van der Waals surface area contributed by atoms with Crippen molar-refractivity contribution in [2.45, 2.75) is 12.5 Å². The average molecular weight is 341 g/mol. The molecule has 25 heavy (non-hydrogen) atoms. The molecule has 0 heterocycles. The molecule has 0 saturated heterocycles. The molecule has 2 N–H and O–H groups in total. The monoisotopic (exact) mass is 341 g/mol. The van der Waals surface area contributed by atoms with Crippen LogP contribution in [0.4, 0.5) is 4.79 Å². The summed E-state index contributed by atoms with van der Waals surface area (Å²) in [6, 6.07) is 18.1. The van der Waals surface area contributed by atoms with Gasteiger partial charge in [-0.15, -0.1) is 0 Å². The molecule has 2 aromatic rings. The molecule has 0 aliphatic rings. The molecular formula is C20H27N3O2. The number of likely N-dealkylation sites (N-methyl/N-ethyl adjacent to an activating group) is 1. The van der Waals surface area contributed by atoms with Crippen LogP contribution in [0.3, 0.4) is 0 Å². The first-order valence-corrected chi connectivity index (χ1v) is 8.46. The second-order valence-electron chi connectivity index (χ2n) is 6.12. The zero-order chi connectivity index (χ0) is 18.1. The number of nitrogens with one attached hydrogen (secondary N) is 2. The Morgan fingerprint density at radius 3 is 2.32 bits per heavy atom. The fourth-order valence-electron chi connectivity index (χ4n) is 2.64. The number of carbonyl (C=O) groups is 1. The van der Waals surface area contributed by atoms with Gasteiger partial charge in [0.2, 0.25) is 0 Å². The lowest BCUT2D eigenvalue weighted by Gasteiger charge is -2.25. The lowest BCUT2D eigenvalue weighted by Crippen LogP contribution is -2.41. The third-order valence-electron chi connectivity index (χ3n) is 4.12. The Balaban J connectivity index is 1.75. The van der Waals surface area contributed by atoms with Crippen molar-refractivity contribution in [1.82, 2.24) is 15.5 Å². The van der Waals surface area contributed by atoms with E-state index < -0.39 is 0 Å². The highest BCUT2D eigenvalue weighted by Gasteiger charge is 2.14. The van der Waals surface area contributed by atoms with Crippen molar-refractivity contribution < 1.29 is 9.53 Å². The van der Waals surface area contributed by atoms with Gasteiger partial charge in [0.05, 0.1) is 13.2 Å². The Morgan fingerprint density at radius 2 is 1.72 bits per heavy atom. The van der Waals surface area contributed by atoms with E-state index in [2.05, 4.69) is 27.7 Å². The summed E-state index contributed by atoms with van der Waals surface area (Å²) in [5.74, 6) is 0.838. The molecule has 134 valence electrons. The van der Waals surface area contributed by atoms with Crippen LogP contribution in [0.25, 0.3) is 0 Å². The van der Waals surface area contributed by atoms with Gasteiger partial charge >= 0.3 is 6.03 Å². The molecule has 2 rings (SSSR count). The van der Waals surface area contributed by atoms with Crippen LogP contribution in [0, 0.1) is 0 Å². The number of amides is 2. The quantitative estimate of drug-likeness (QED) is 0.776. The smallest absolute Gasteiger partial charge is 0.314 e. The van der Waals surface area contributed by atoms with Crippen molar-refractivity contribution in [3.8, 4) is 5.75 Å². The molecule has 0 saturated carbocycles. The Hall–Kier alpha value is -2.53. The van der Waals surface area contributed by atoms with Crippen LogP contribution >= 0.6 is 0 Å². The fraction of sp³-hybridized carbons (Fsp3) is 0.350. The highest BCUT2D eigenvalue weighted by Crippen LogP contribution is 2.16. The number of urea groups is 1. The molecule has 2 aromatic carbocycles. The lowest BCUT2D eigenvalue weighted by molar-refractivity contribution is 0.233. The Labute approximate surface area is 150 Å². The van der Waals surface area contributed by atoms with E-state index in [0.29, 0.717) is 13.1 Å². The molecular weight excluding hydrogens is 314 g/mol. The molecule has 0 spiro atoms. The van der Waals surface area contributed by atoms with Gasteiger partial charge in [0.25, 0.3) is 0 Å². The predicted octanol–water partition coefficient (Wildman–Crippen LogP) is 2.84. The third kappa shape index (κ3) is 6.12. The third-order valence-corrected chi connectivity index (χ3v) is 4.12. The van der Waals surface area contributed by atoms with E-state index in [-0.39, 0.29) is 12.1 Å². The van der Waals surface area contributed by atoms with Gasteiger partial charge in [0.15, 0.2) is 0 Å². The minimum atomic E-state index is -0.142. The van der Waals surface area contributed by atoms with Crippen LogP contribution < -0.4 is 15.4 Å². The van der Waals surface area contributed by atoms with Gasteiger partial charge in [0.1, 0.15) is 5.75 Å². The van der Waals surface area contributed by atoms with Crippen molar-refractivity contribution >= 4 is 6.03 Å². The minimum absolute atomic E-state index is 0.142. The Kier molecular flexibility index (Phi) is 7.29. The molecule has 2 amide bonds. The number of hydrogen-bond acceptors (Lipinski definition) is 3. The molecule has 0 fully saturated rings. The number of ether oxygens (including phenoxy) is 1. The fourth-order valence-corrected chi connectivity index (χ4v) is 2.64. The van der Waals surface area contributed by atoms with E-state index >= 15 is 0 Å². The van der Waals surface area contributed by atoms with Crippen LogP contribution in [-0.4, -0.2) is 45.2 Å². The van der Waals surface area contributed by atoms with E-state index in [0.717, 1.165) is 17.7 Å². The predicted molar refractivity (Wildman–Crippen MR) is 101 cm³/mol. The summed E-state index contributed by atoms with van der Waals surface area (Å²) in [6.45, 7) is 1.15. The average Bonchev–Trinajstić information content (AvgIpc) is 2.63. The first kappa shape index (κ1) is 18.8. The largest absolute Gasteiger partial charge is 0.497 e. The number of carbonyl (C=O) groups excluding carboxylic acids is 1. The molecule has 0 aromatic heterocycles. The highest BCUT2D eigenvalue weighted by atomic mass is 16.5. The minimum Gasteiger partial charge on any atom is -0.497 e. The summed E-state index contributed by atoms with van der Waals surface area (Å²) >= 11 is 0. The Morgan fingerprint density at radius 1 is 1.04 bits per heavy atom. The molecule has 1 atom stereocenters. The van der Waals surface area contributed by atoms with Crippen LogP contribution in [0.2, 0.25) is 0 Å². The Bertz CT molecular complexity index is 642. The number of hydrogen-bond donors (Lipinski definition) is 2. The van der Waals surface area contributed by atoms with Gasteiger partial charge in [-0.1, -0.05) is 42.5 Å². The summed E-state index contributed by atoms with van der Waals surface area (Å²) in [6.07, 6.45) is 0.785. The van der Waals surface area contributed by atoms with E-state index in [1.807, 2.05) is 56.6 Å². The zero-order valence-electron chi connectivity index (χ0n) is 15.2. The SMILES string of the molecule is COc1ccc(CCNC(=O)NCC(c2ccccc2)N(C)C)cc1. The molecule has 0 bridgehead atoms. The van der Waals surface area contributed by atoms with E-state index in [9.17, 15) is 4.79 Å². The van der Waals surface area contributed by atoms with Crippen molar-refractivity contribution in [3.63, 3.8) is 0 Å². The molecule has 5 nitrogen and oxygen atoms in total. The van der Waals surface area contributed by atoms with Gasteiger partial charge in [-0.3, -0.25) is 0 Å². The van der Waals surface area contributed by atoms with Crippen molar-refractivity contribution in [2.75, 3.05) is 34.3 Å². The molecule has 0 aliphatic heterocycles. The van der Waals surface area contributed by atoms with Crippen LogP contribution in [0.1, 0.15) is 17.2 Å². The van der Waals surface area contributed by atoms with Crippen molar-refractivity contribution in [1.29, 1.82) is 0 Å². The summed E-state index contributed by atoms with van der Waals surface area (Å²) in [7, 11) is 5.68. The van der Waals surface area contributed by atoms with Gasteiger partial charge in [-0.2, -0.15) is 0 Å². The summed E-state index contributed by atoms with van der Waals surface area (Å²) in [4.78, 5) is 14.1. The lowest BCUT2D eigenvalue weighted by atomic mass is 10.1. The summed E-state index contributed by atoms with van der Waals surface area (Å²) in [5, 5.41) is 5.86. The zero-order valence-corrected chi connectivity index (χ0v) is 15.2. The highest BCUT2D eigenvalue weighted by molar-refractivity contribution is 5.73. The maximum Gasteiger partial charge on any atom is 0.314 e. The number of rotatable bonds is 8. The maximum absolute atomic E-state index is 12.0. The number of methoxy groups -OCH3 is 1. The van der Waals surface area contributed by atoms with Crippen molar-refractivity contribution in [2.24, 2.45) is 0 Å². The van der Waals surface area contributed by atoms with Gasteiger partial charge in [0, 0.05) is 13.1 Å². The standard InChI is InChI=1S/C20H27N3O2/c1-23(2)19(17-7-5-4-6-8-17)15-22-20(24)21-14-13-16-9-11-18(25-3)12-10-16/h4-12,19H,13-15H2,1-3H3,(H2,21,22,24). The topological polar surface area (TPSA) is 53.6 Å². The van der Waals surface area contributed by atoms with Crippen molar-refractivity contribution in [3.05, 3.63) is 65.7 Å². The van der Waals surface area contributed by atoms with Gasteiger partial charge < -0.3 is 20.3 Å². The second kappa shape index (κ2) is 9.69. The van der Waals surface area contributed by atoms with Crippen LogP contribution in [0.15, 0.2) is 54.6 Å². The molecule has 0 aliphatic carbocycles. The van der Waals surface area contributed by atoms with E-state index in [4.69, 9.17) is 4.74 Å². The van der Waals surface area contributed by atoms with E-state index in [1.54, 1.807) is 7.11 Å². The summed E-state index contributed by atoms with van der Waals surface area (Å²) < 4.78 is 5.14. The number of benzene rings is 2. The molecule has 1 unspecified atom stereocenters. The van der Waals surface area contributed by atoms with Gasteiger partial charge in [-0.05, 0) is 43.8 Å². The molecule has 0 radical (unpaired) electrons.